The SMILES string of the molecule is Cn1cc(C(=O)N2CCCC(c3nccn3Cc3ccccn3)C2)ccc1=O. The van der Waals surface area contributed by atoms with E-state index in [-0.39, 0.29) is 17.4 Å². The summed E-state index contributed by atoms with van der Waals surface area (Å²) in [6, 6.07) is 8.93. The highest BCUT2D eigenvalue weighted by Crippen LogP contribution is 2.27. The Bertz CT molecular complexity index is 1020. The largest absolute Gasteiger partial charge is 0.338 e. The van der Waals surface area contributed by atoms with E-state index in [9.17, 15) is 9.59 Å². The summed E-state index contributed by atoms with van der Waals surface area (Å²) in [7, 11) is 1.66. The Kier molecular flexibility index (Phi) is 5.06. The third-order valence-corrected chi connectivity index (χ3v) is 5.21. The van der Waals surface area contributed by atoms with Gasteiger partial charge in [-0.05, 0) is 31.0 Å². The fraction of sp³-hybridized carbons (Fsp3) is 0.333. The first-order chi connectivity index (χ1) is 13.6. The fourth-order valence-electron chi connectivity index (χ4n) is 3.76. The van der Waals surface area contributed by atoms with Gasteiger partial charge in [0.1, 0.15) is 5.82 Å². The standard InChI is InChI=1S/C21H23N5O2/c1-24-13-17(7-8-19(24)27)21(28)26-11-4-5-16(14-26)20-23-10-12-25(20)15-18-6-2-3-9-22-18/h2-3,6-10,12-13,16H,4-5,11,14-15H2,1H3. The molecule has 7 nitrogen and oxygen atoms in total. The zero-order chi connectivity index (χ0) is 19.5. The lowest BCUT2D eigenvalue weighted by Crippen LogP contribution is -2.40. The van der Waals surface area contributed by atoms with Crippen molar-refractivity contribution in [2.75, 3.05) is 13.1 Å². The zero-order valence-corrected chi connectivity index (χ0v) is 15.9. The molecule has 0 aromatic carbocycles. The van der Waals surface area contributed by atoms with Crippen molar-refractivity contribution in [1.82, 2.24) is 24.0 Å². The Labute approximate surface area is 163 Å². The maximum absolute atomic E-state index is 12.9. The normalized spacial score (nSPS) is 16.9. The van der Waals surface area contributed by atoms with Crippen molar-refractivity contribution in [3.8, 4) is 0 Å². The van der Waals surface area contributed by atoms with Gasteiger partial charge in [0.15, 0.2) is 0 Å². The van der Waals surface area contributed by atoms with E-state index in [2.05, 4.69) is 14.5 Å². The van der Waals surface area contributed by atoms with Crippen LogP contribution in [-0.4, -0.2) is 43.0 Å². The molecule has 1 fully saturated rings. The van der Waals surface area contributed by atoms with Gasteiger partial charge in [-0.3, -0.25) is 14.6 Å². The van der Waals surface area contributed by atoms with Crippen LogP contribution in [0, 0.1) is 0 Å². The van der Waals surface area contributed by atoms with E-state index in [1.807, 2.05) is 35.5 Å². The summed E-state index contributed by atoms with van der Waals surface area (Å²) < 4.78 is 3.56. The first-order valence-electron chi connectivity index (χ1n) is 9.49. The number of aromatic nitrogens is 4. The minimum absolute atomic E-state index is 0.0388. The number of rotatable bonds is 4. The van der Waals surface area contributed by atoms with Crippen LogP contribution in [0.15, 0.2) is 59.9 Å². The number of aryl methyl sites for hydroxylation is 1. The highest BCUT2D eigenvalue weighted by atomic mass is 16.2. The lowest BCUT2D eigenvalue weighted by atomic mass is 9.96. The maximum atomic E-state index is 12.9. The molecule has 0 saturated carbocycles. The van der Waals surface area contributed by atoms with Crippen LogP contribution in [0.2, 0.25) is 0 Å². The van der Waals surface area contributed by atoms with Crippen molar-refractivity contribution >= 4 is 5.91 Å². The summed E-state index contributed by atoms with van der Waals surface area (Å²) in [5.74, 6) is 1.13. The Morgan fingerprint density at radius 2 is 2.07 bits per heavy atom. The minimum Gasteiger partial charge on any atom is -0.338 e. The molecule has 0 radical (unpaired) electrons. The van der Waals surface area contributed by atoms with E-state index in [1.165, 1.54) is 10.6 Å². The Morgan fingerprint density at radius 1 is 1.18 bits per heavy atom. The molecule has 4 heterocycles. The predicted molar refractivity (Wildman–Crippen MR) is 105 cm³/mol. The first-order valence-corrected chi connectivity index (χ1v) is 9.49. The van der Waals surface area contributed by atoms with E-state index >= 15 is 0 Å². The molecular formula is C21H23N5O2. The van der Waals surface area contributed by atoms with E-state index < -0.39 is 0 Å². The third-order valence-electron chi connectivity index (χ3n) is 5.21. The number of hydrogen-bond donors (Lipinski definition) is 0. The van der Waals surface area contributed by atoms with Gasteiger partial charge < -0.3 is 14.0 Å². The molecule has 1 aliphatic heterocycles. The zero-order valence-electron chi connectivity index (χ0n) is 15.9. The number of likely N-dealkylation sites (tertiary alicyclic amines) is 1. The molecule has 1 unspecified atom stereocenters. The Morgan fingerprint density at radius 3 is 2.86 bits per heavy atom. The van der Waals surface area contributed by atoms with Gasteiger partial charge in [-0.25, -0.2) is 4.98 Å². The van der Waals surface area contributed by atoms with Gasteiger partial charge in [0, 0.05) is 56.9 Å². The number of carbonyl (C=O) groups excluding carboxylic acids is 1. The molecule has 7 heteroatoms. The van der Waals surface area contributed by atoms with E-state index in [0.717, 1.165) is 30.9 Å². The molecule has 0 bridgehead atoms. The maximum Gasteiger partial charge on any atom is 0.255 e. The lowest BCUT2D eigenvalue weighted by Gasteiger charge is -2.32. The van der Waals surface area contributed by atoms with Crippen molar-refractivity contribution in [3.05, 3.63) is 82.6 Å². The van der Waals surface area contributed by atoms with Crippen LogP contribution >= 0.6 is 0 Å². The number of amides is 1. The number of pyridine rings is 2. The van der Waals surface area contributed by atoms with Crippen LogP contribution in [-0.2, 0) is 13.6 Å². The van der Waals surface area contributed by atoms with Gasteiger partial charge in [0.25, 0.3) is 5.91 Å². The predicted octanol–water partition coefficient (Wildman–Crippen LogP) is 2.04. The van der Waals surface area contributed by atoms with E-state index in [1.54, 1.807) is 25.5 Å². The van der Waals surface area contributed by atoms with Crippen LogP contribution in [0.5, 0.6) is 0 Å². The average Bonchev–Trinajstić information content (AvgIpc) is 3.18. The second-order valence-corrected chi connectivity index (χ2v) is 7.19. The van der Waals surface area contributed by atoms with Crippen molar-refractivity contribution in [2.24, 2.45) is 7.05 Å². The van der Waals surface area contributed by atoms with Crippen molar-refractivity contribution < 1.29 is 4.79 Å². The van der Waals surface area contributed by atoms with Gasteiger partial charge in [0.05, 0.1) is 17.8 Å². The van der Waals surface area contributed by atoms with Crippen LogP contribution < -0.4 is 5.56 Å². The minimum atomic E-state index is -0.121. The molecule has 28 heavy (non-hydrogen) atoms. The van der Waals surface area contributed by atoms with Gasteiger partial charge in [-0.15, -0.1) is 0 Å². The molecule has 3 aromatic rings. The molecule has 0 N–H and O–H groups in total. The smallest absolute Gasteiger partial charge is 0.255 e. The number of imidazole rings is 1. The van der Waals surface area contributed by atoms with E-state index in [4.69, 9.17) is 0 Å². The molecule has 0 aliphatic carbocycles. The van der Waals surface area contributed by atoms with Crippen LogP contribution in [0.4, 0.5) is 0 Å². The lowest BCUT2D eigenvalue weighted by molar-refractivity contribution is 0.0702. The third kappa shape index (κ3) is 3.74. The summed E-state index contributed by atoms with van der Waals surface area (Å²) >= 11 is 0. The summed E-state index contributed by atoms with van der Waals surface area (Å²) in [6.07, 6.45) is 9.11. The molecular weight excluding hydrogens is 354 g/mol. The summed E-state index contributed by atoms with van der Waals surface area (Å²) in [4.78, 5) is 35.4. The van der Waals surface area contributed by atoms with Crippen molar-refractivity contribution in [1.29, 1.82) is 0 Å². The van der Waals surface area contributed by atoms with E-state index in [0.29, 0.717) is 18.7 Å². The summed E-state index contributed by atoms with van der Waals surface area (Å²) in [6.45, 7) is 2.02. The molecule has 4 rings (SSSR count). The summed E-state index contributed by atoms with van der Waals surface area (Å²) in [5, 5.41) is 0. The molecule has 1 amide bonds. The Hall–Kier alpha value is -3.22. The number of carbonyl (C=O) groups is 1. The topological polar surface area (TPSA) is 73.0 Å². The highest BCUT2D eigenvalue weighted by molar-refractivity contribution is 5.94. The fourth-order valence-corrected chi connectivity index (χ4v) is 3.76. The second-order valence-electron chi connectivity index (χ2n) is 7.19. The van der Waals surface area contributed by atoms with Crippen LogP contribution in [0.1, 0.15) is 40.6 Å². The quantitative estimate of drug-likeness (QED) is 0.698. The van der Waals surface area contributed by atoms with Gasteiger partial charge in [0.2, 0.25) is 5.56 Å². The molecule has 144 valence electrons. The van der Waals surface area contributed by atoms with Crippen molar-refractivity contribution in [2.45, 2.75) is 25.3 Å². The molecule has 1 atom stereocenters. The van der Waals surface area contributed by atoms with Gasteiger partial charge in [-0.2, -0.15) is 0 Å². The van der Waals surface area contributed by atoms with Crippen LogP contribution in [0.3, 0.4) is 0 Å². The molecule has 1 aliphatic rings. The Balaban J connectivity index is 1.51. The number of nitrogens with zero attached hydrogens (tertiary/aromatic N) is 5. The number of hydrogen-bond acceptors (Lipinski definition) is 4. The molecule has 3 aromatic heterocycles. The first kappa shape index (κ1) is 18.2. The monoisotopic (exact) mass is 377 g/mol. The molecule has 0 spiro atoms. The second kappa shape index (κ2) is 7.80. The summed E-state index contributed by atoms with van der Waals surface area (Å²) in [5.41, 5.74) is 1.40. The van der Waals surface area contributed by atoms with Crippen molar-refractivity contribution in [3.63, 3.8) is 0 Å². The highest BCUT2D eigenvalue weighted by Gasteiger charge is 2.28. The molecule has 1 saturated heterocycles. The van der Waals surface area contributed by atoms with Crippen LogP contribution in [0.25, 0.3) is 0 Å². The van der Waals surface area contributed by atoms with Gasteiger partial charge in [-0.1, -0.05) is 6.07 Å². The number of piperidine rings is 1. The average molecular weight is 377 g/mol. The van der Waals surface area contributed by atoms with Gasteiger partial charge >= 0.3 is 0 Å².